The molecule has 5 nitrogen and oxygen atoms in total. The molecule has 0 spiro atoms. The fourth-order valence-corrected chi connectivity index (χ4v) is 2.89. The lowest BCUT2D eigenvalue weighted by molar-refractivity contribution is 0.0939. The third kappa shape index (κ3) is 4.29. The second kappa shape index (κ2) is 7.17. The highest BCUT2D eigenvalue weighted by molar-refractivity contribution is 6.39. The van der Waals surface area contributed by atoms with Gasteiger partial charge in [-0.25, -0.2) is 4.98 Å². The number of benzene rings is 2. The minimum Gasteiger partial charge on any atom is -0.352 e. The zero-order chi connectivity index (χ0) is 18.9. The highest BCUT2D eigenvalue weighted by Gasteiger charge is 2.14. The lowest BCUT2D eigenvalue weighted by Crippen LogP contribution is -2.32. The third-order valence-electron chi connectivity index (χ3n) is 3.73. The highest BCUT2D eigenvalue weighted by atomic mass is 35.5. The van der Waals surface area contributed by atoms with Crippen molar-refractivity contribution in [2.24, 2.45) is 5.41 Å². The summed E-state index contributed by atoms with van der Waals surface area (Å²) in [5.74, 6) is 0.391. The van der Waals surface area contributed by atoms with Gasteiger partial charge in [-0.2, -0.15) is 0 Å². The average Bonchev–Trinajstić information content (AvgIpc) is 2.97. The fourth-order valence-electron chi connectivity index (χ4n) is 2.39. The molecule has 0 saturated heterocycles. The predicted octanol–water partition coefficient (Wildman–Crippen LogP) is 5.39. The van der Waals surface area contributed by atoms with Crippen LogP contribution in [-0.2, 0) is 0 Å². The topological polar surface area (TPSA) is 69.8 Å². The molecule has 3 aromatic rings. The summed E-state index contributed by atoms with van der Waals surface area (Å²) in [6, 6.07) is 10.6. The number of H-pyrrole nitrogens is 1. The normalized spacial score (nSPS) is 11.6. The van der Waals surface area contributed by atoms with Gasteiger partial charge < -0.3 is 15.6 Å². The van der Waals surface area contributed by atoms with Crippen molar-refractivity contribution < 1.29 is 4.79 Å². The number of anilines is 2. The van der Waals surface area contributed by atoms with Crippen LogP contribution in [0.15, 0.2) is 36.4 Å². The molecule has 0 saturated carbocycles. The van der Waals surface area contributed by atoms with Crippen molar-refractivity contribution in [3.63, 3.8) is 0 Å². The van der Waals surface area contributed by atoms with Crippen LogP contribution in [0.25, 0.3) is 11.0 Å². The first kappa shape index (κ1) is 18.5. The standard InChI is InChI=1S/C19H20Cl2N4O/c1-19(2,3)10-22-17(26)11-7-8-14-15(9-11)24-18(23-14)25-16-12(20)5-4-6-13(16)21/h4-9H,10H2,1-3H3,(H,22,26)(H2,23,24,25). The van der Waals surface area contributed by atoms with Crippen LogP contribution in [0.5, 0.6) is 0 Å². The van der Waals surface area contributed by atoms with Gasteiger partial charge in [0.05, 0.1) is 26.8 Å². The molecule has 0 aliphatic heterocycles. The summed E-state index contributed by atoms with van der Waals surface area (Å²) in [6.45, 7) is 6.82. The number of nitrogens with one attached hydrogen (secondary N) is 3. The Kier molecular flexibility index (Phi) is 5.12. The zero-order valence-electron chi connectivity index (χ0n) is 14.8. The molecule has 1 heterocycles. The molecule has 0 bridgehead atoms. The van der Waals surface area contributed by atoms with Crippen LogP contribution in [0, 0.1) is 5.41 Å². The number of para-hydroxylation sites is 1. The van der Waals surface area contributed by atoms with Gasteiger partial charge in [-0.1, -0.05) is 50.0 Å². The maximum atomic E-state index is 12.3. The largest absolute Gasteiger partial charge is 0.352 e. The van der Waals surface area contributed by atoms with Crippen molar-refractivity contribution in [1.82, 2.24) is 15.3 Å². The van der Waals surface area contributed by atoms with Gasteiger partial charge >= 0.3 is 0 Å². The van der Waals surface area contributed by atoms with E-state index in [2.05, 4.69) is 41.4 Å². The summed E-state index contributed by atoms with van der Waals surface area (Å²) in [6.07, 6.45) is 0. The Balaban J connectivity index is 1.82. The number of carbonyl (C=O) groups excluding carboxylic acids is 1. The second-order valence-corrected chi connectivity index (χ2v) is 8.10. The molecular formula is C19H20Cl2N4O. The van der Waals surface area contributed by atoms with Gasteiger partial charge in [-0.15, -0.1) is 0 Å². The molecule has 0 radical (unpaired) electrons. The van der Waals surface area contributed by atoms with Crippen LogP contribution < -0.4 is 10.6 Å². The molecule has 2 aromatic carbocycles. The van der Waals surface area contributed by atoms with Gasteiger partial charge in [0.2, 0.25) is 5.95 Å². The van der Waals surface area contributed by atoms with Crippen molar-refractivity contribution in [2.45, 2.75) is 20.8 Å². The van der Waals surface area contributed by atoms with Gasteiger partial charge in [-0.05, 0) is 35.7 Å². The van der Waals surface area contributed by atoms with Gasteiger partial charge in [-0.3, -0.25) is 4.79 Å². The van der Waals surface area contributed by atoms with Crippen molar-refractivity contribution in [3.8, 4) is 0 Å². The number of hydrogen-bond donors (Lipinski definition) is 3. The molecule has 0 atom stereocenters. The molecular weight excluding hydrogens is 371 g/mol. The van der Waals surface area contributed by atoms with E-state index < -0.39 is 0 Å². The molecule has 0 aliphatic carbocycles. The number of hydrogen-bond acceptors (Lipinski definition) is 3. The number of halogens is 2. The Morgan fingerprint density at radius 1 is 1.15 bits per heavy atom. The minimum atomic E-state index is -0.111. The van der Waals surface area contributed by atoms with Crippen molar-refractivity contribution in [2.75, 3.05) is 11.9 Å². The number of aromatic nitrogens is 2. The van der Waals surface area contributed by atoms with Crippen molar-refractivity contribution in [3.05, 3.63) is 52.0 Å². The third-order valence-corrected chi connectivity index (χ3v) is 4.36. The van der Waals surface area contributed by atoms with Crippen LogP contribution in [0.2, 0.25) is 10.0 Å². The van der Waals surface area contributed by atoms with E-state index in [1.807, 2.05) is 0 Å². The highest BCUT2D eigenvalue weighted by Crippen LogP contribution is 2.32. The van der Waals surface area contributed by atoms with E-state index in [1.165, 1.54) is 0 Å². The Labute approximate surface area is 162 Å². The van der Waals surface area contributed by atoms with E-state index in [4.69, 9.17) is 23.2 Å². The van der Waals surface area contributed by atoms with Crippen LogP contribution in [-0.4, -0.2) is 22.4 Å². The van der Waals surface area contributed by atoms with E-state index in [9.17, 15) is 4.79 Å². The van der Waals surface area contributed by atoms with Crippen molar-refractivity contribution >= 4 is 51.8 Å². The molecule has 1 aromatic heterocycles. The summed E-state index contributed by atoms with van der Waals surface area (Å²) in [5.41, 5.74) is 2.67. The maximum absolute atomic E-state index is 12.3. The molecule has 0 aliphatic rings. The summed E-state index contributed by atoms with van der Waals surface area (Å²) < 4.78 is 0. The Morgan fingerprint density at radius 3 is 2.50 bits per heavy atom. The fraction of sp³-hybridized carbons (Fsp3) is 0.263. The van der Waals surface area contributed by atoms with E-state index >= 15 is 0 Å². The maximum Gasteiger partial charge on any atom is 0.251 e. The van der Waals surface area contributed by atoms with E-state index in [1.54, 1.807) is 36.4 Å². The van der Waals surface area contributed by atoms with Crippen LogP contribution in [0.1, 0.15) is 31.1 Å². The Hall–Kier alpha value is -2.24. The molecule has 0 fully saturated rings. The van der Waals surface area contributed by atoms with Gasteiger partial charge in [0.15, 0.2) is 0 Å². The number of fused-ring (bicyclic) bond motifs is 1. The Morgan fingerprint density at radius 2 is 1.85 bits per heavy atom. The average molecular weight is 391 g/mol. The zero-order valence-corrected chi connectivity index (χ0v) is 16.3. The molecule has 0 unspecified atom stereocenters. The minimum absolute atomic E-state index is 0.0268. The Bertz CT molecular complexity index is 940. The number of nitrogens with zero attached hydrogens (tertiary/aromatic N) is 1. The lowest BCUT2D eigenvalue weighted by Gasteiger charge is -2.18. The van der Waals surface area contributed by atoms with Gasteiger partial charge in [0, 0.05) is 12.1 Å². The quantitative estimate of drug-likeness (QED) is 0.559. The van der Waals surface area contributed by atoms with E-state index in [0.29, 0.717) is 33.8 Å². The molecule has 26 heavy (non-hydrogen) atoms. The van der Waals surface area contributed by atoms with Gasteiger partial charge in [0.1, 0.15) is 0 Å². The number of rotatable bonds is 4. The number of carbonyl (C=O) groups is 1. The first-order valence-electron chi connectivity index (χ1n) is 8.22. The summed E-state index contributed by atoms with van der Waals surface area (Å²) in [4.78, 5) is 19.9. The predicted molar refractivity (Wildman–Crippen MR) is 108 cm³/mol. The second-order valence-electron chi connectivity index (χ2n) is 7.28. The number of imidazole rings is 1. The molecule has 3 N–H and O–H groups in total. The van der Waals surface area contributed by atoms with Crippen molar-refractivity contribution in [1.29, 1.82) is 0 Å². The smallest absolute Gasteiger partial charge is 0.251 e. The summed E-state index contributed by atoms with van der Waals surface area (Å²) in [7, 11) is 0. The molecule has 1 amide bonds. The SMILES string of the molecule is CC(C)(C)CNC(=O)c1ccc2nc(Nc3c(Cl)cccc3Cl)[nH]c2c1. The molecule has 3 rings (SSSR count). The van der Waals surface area contributed by atoms with E-state index in [0.717, 1.165) is 11.0 Å². The first-order valence-corrected chi connectivity index (χ1v) is 8.97. The van der Waals surface area contributed by atoms with Crippen LogP contribution in [0.4, 0.5) is 11.6 Å². The molecule has 7 heteroatoms. The number of amides is 1. The van der Waals surface area contributed by atoms with Crippen LogP contribution >= 0.6 is 23.2 Å². The number of aromatic amines is 1. The lowest BCUT2D eigenvalue weighted by atomic mass is 9.97. The molecule has 136 valence electrons. The summed E-state index contributed by atoms with van der Waals surface area (Å²) in [5, 5.41) is 7.03. The monoisotopic (exact) mass is 390 g/mol. The van der Waals surface area contributed by atoms with E-state index in [-0.39, 0.29) is 11.3 Å². The van der Waals surface area contributed by atoms with Crippen LogP contribution in [0.3, 0.4) is 0 Å². The summed E-state index contributed by atoms with van der Waals surface area (Å²) >= 11 is 12.3. The first-order chi connectivity index (χ1) is 12.2. The van der Waals surface area contributed by atoms with Gasteiger partial charge in [0.25, 0.3) is 5.91 Å².